The molecule has 1 heteroatoms. The van der Waals surface area contributed by atoms with Crippen LogP contribution in [-0.2, 0) is 0 Å². The normalized spacial score (nSPS) is 34.2. The number of rotatable bonds is 0. The fraction of sp³-hybridized carbons (Fsp3) is 0.714. The maximum Gasteiger partial charge on any atom is 0.00791 e. The summed E-state index contributed by atoms with van der Waals surface area (Å²) in [5, 5.41) is 0. The van der Waals surface area contributed by atoms with E-state index in [9.17, 15) is 0 Å². The maximum atomic E-state index is 5.66. The summed E-state index contributed by atoms with van der Waals surface area (Å²) >= 11 is 0. The minimum atomic E-state index is 0.459. The number of allylic oxidation sites excluding steroid dienone is 1. The van der Waals surface area contributed by atoms with Crippen LogP contribution in [0, 0.1) is 0 Å². The van der Waals surface area contributed by atoms with Gasteiger partial charge >= 0.3 is 0 Å². The second-order valence-electron chi connectivity index (χ2n) is 2.45. The molecular weight excluding hydrogens is 98.1 g/mol. The highest BCUT2D eigenvalue weighted by Gasteiger charge is 2.13. The average molecular weight is 111 g/mol. The molecule has 0 bridgehead atoms. The van der Waals surface area contributed by atoms with E-state index in [-0.39, 0.29) is 0 Å². The van der Waals surface area contributed by atoms with E-state index < -0.39 is 0 Å². The Hall–Kier alpha value is -0.300. The predicted octanol–water partition coefficient (Wildman–Crippen LogP) is 1.44. The fourth-order valence-electron chi connectivity index (χ4n) is 1.17. The first-order valence-electron chi connectivity index (χ1n) is 3.22. The molecule has 0 aromatic heterocycles. The first-order valence-corrected chi connectivity index (χ1v) is 3.22. The van der Waals surface area contributed by atoms with E-state index in [0.717, 1.165) is 6.42 Å². The molecule has 0 aromatic rings. The highest BCUT2D eigenvalue weighted by molar-refractivity contribution is 5.08. The molecule has 1 aliphatic rings. The Bertz CT molecular complexity index is 105. The molecule has 0 spiro atoms. The van der Waals surface area contributed by atoms with E-state index in [4.69, 9.17) is 5.73 Å². The van der Waals surface area contributed by atoms with Crippen LogP contribution in [0.25, 0.3) is 0 Å². The Balaban J connectivity index is 2.44. The van der Waals surface area contributed by atoms with Gasteiger partial charge in [0.1, 0.15) is 0 Å². The van der Waals surface area contributed by atoms with Gasteiger partial charge < -0.3 is 5.73 Å². The molecule has 1 nitrogen and oxygen atoms in total. The Morgan fingerprint density at radius 2 is 2.50 bits per heavy atom. The Labute approximate surface area is 50.6 Å². The van der Waals surface area contributed by atoms with Crippen molar-refractivity contribution in [1.29, 1.82) is 0 Å². The van der Waals surface area contributed by atoms with Gasteiger partial charge in [0.25, 0.3) is 0 Å². The van der Waals surface area contributed by atoms with Crippen molar-refractivity contribution in [2.45, 2.75) is 32.2 Å². The van der Waals surface area contributed by atoms with Crippen molar-refractivity contribution < 1.29 is 0 Å². The van der Waals surface area contributed by atoms with Gasteiger partial charge in [0.05, 0.1) is 0 Å². The summed E-state index contributed by atoms with van der Waals surface area (Å²) in [5.41, 5.74) is 7.20. The molecule has 0 radical (unpaired) electrons. The van der Waals surface area contributed by atoms with Crippen LogP contribution in [0.2, 0.25) is 0 Å². The molecule has 2 N–H and O–H groups in total. The Morgan fingerprint density at radius 1 is 1.75 bits per heavy atom. The van der Waals surface area contributed by atoms with Crippen LogP contribution in [0.4, 0.5) is 0 Å². The second-order valence-corrected chi connectivity index (χ2v) is 2.45. The van der Waals surface area contributed by atoms with Gasteiger partial charge in [0.2, 0.25) is 0 Å². The molecule has 0 aliphatic heterocycles. The van der Waals surface area contributed by atoms with Gasteiger partial charge in [0, 0.05) is 6.04 Å². The van der Waals surface area contributed by atoms with E-state index in [2.05, 4.69) is 13.0 Å². The van der Waals surface area contributed by atoms with Crippen LogP contribution >= 0.6 is 0 Å². The lowest BCUT2D eigenvalue weighted by Gasteiger charge is -1.94. The van der Waals surface area contributed by atoms with Crippen LogP contribution in [0.1, 0.15) is 26.2 Å². The maximum absolute atomic E-state index is 5.66. The molecule has 1 rings (SSSR count). The monoisotopic (exact) mass is 111 g/mol. The third kappa shape index (κ3) is 1.10. The average Bonchev–Trinajstić information content (AvgIpc) is 2.14. The summed E-state index contributed by atoms with van der Waals surface area (Å²) < 4.78 is 0. The first kappa shape index (κ1) is 5.83. The summed E-state index contributed by atoms with van der Waals surface area (Å²) in [5.74, 6) is 0. The zero-order valence-electron chi connectivity index (χ0n) is 5.35. The zero-order valence-corrected chi connectivity index (χ0v) is 5.35. The lowest BCUT2D eigenvalue weighted by Crippen LogP contribution is -2.13. The Morgan fingerprint density at radius 3 is 2.75 bits per heavy atom. The van der Waals surface area contributed by atoms with E-state index >= 15 is 0 Å². The molecular formula is C7H13N. The van der Waals surface area contributed by atoms with E-state index in [1.54, 1.807) is 0 Å². The lowest BCUT2D eigenvalue weighted by molar-refractivity contribution is 0.711. The van der Waals surface area contributed by atoms with Gasteiger partial charge in [-0.1, -0.05) is 11.6 Å². The lowest BCUT2D eigenvalue weighted by atomic mass is 10.2. The summed E-state index contributed by atoms with van der Waals surface area (Å²) in [6.07, 6.45) is 5.75. The molecule has 46 valence electrons. The molecule has 1 saturated carbocycles. The van der Waals surface area contributed by atoms with E-state index in [1.807, 2.05) is 0 Å². The van der Waals surface area contributed by atoms with Crippen LogP contribution in [0.3, 0.4) is 0 Å². The molecule has 0 amide bonds. The van der Waals surface area contributed by atoms with Crippen molar-refractivity contribution in [2.24, 2.45) is 5.73 Å². The van der Waals surface area contributed by atoms with Crippen LogP contribution in [-0.4, -0.2) is 6.04 Å². The zero-order chi connectivity index (χ0) is 5.98. The van der Waals surface area contributed by atoms with E-state index in [1.165, 1.54) is 18.4 Å². The predicted molar refractivity (Wildman–Crippen MR) is 35.6 cm³/mol. The number of nitrogens with two attached hydrogens (primary N) is 1. The minimum Gasteiger partial charge on any atom is -0.327 e. The largest absolute Gasteiger partial charge is 0.327 e. The van der Waals surface area contributed by atoms with Crippen molar-refractivity contribution in [3.63, 3.8) is 0 Å². The van der Waals surface area contributed by atoms with Gasteiger partial charge in [0.15, 0.2) is 0 Å². The highest BCUT2D eigenvalue weighted by atomic mass is 14.6. The summed E-state index contributed by atoms with van der Waals surface area (Å²) in [4.78, 5) is 0. The third-order valence-corrected chi connectivity index (χ3v) is 1.77. The fourth-order valence-corrected chi connectivity index (χ4v) is 1.17. The van der Waals surface area contributed by atoms with Crippen LogP contribution in [0.15, 0.2) is 11.6 Å². The molecule has 0 heterocycles. The van der Waals surface area contributed by atoms with Crippen molar-refractivity contribution >= 4 is 0 Å². The Kier molecular flexibility index (Phi) is 1.69. The van der Waals surface area contributed by atoms with Gasteiger partial charge in [-0.25, -0.2) is 0 Å². The smallest absolute Gasteiger partial charge is 0.00791 e. The van der Waals surface area contributed by atoms with Gasteiger partial charge in [-0.05, 0) is 26.2 Å². The number of hydrogen-bond acceptors (Lipinski definition) is 1. The van der Waals surface area contributed by atoms with Crippen molar-refractivity contribution in [3.8, 4) is 0 Å². The van der Waals surface area contributed by atoms with Gasteiger partial charge in [-0.15, -0.1) is 0 Å². The topological polar surface area (TPSA) is 26.0 Å². The van der Waals surface area contributed by atoms with Gasteiger partial charge in [-0.3, -0.25) is 0 Å². The van der Waals surface area contributed by atoms with Crippen LogP contribution < -0.4 is 5.73 Å². The SMILES string of the molecule is C/C=C1/CC[C@@H](N)C1. The molecule has 1 atom stereocenters. The standard InChI is InChI=1S/C7H13N/c1-2-6-3-4-7(8)5-6/h2,7H,3-5,8H2,1H3/b6-2-/t7-/m1/s1. The summed E-state index contributed by atoms with van der Waals surface area (Å²) in [7, 11) is 0. The van der Waals surface area contributed by atoms with Gasteiger partial charge in [-0.2, -0.15) is 0 Å². The summed E-state index contributed by atoms with van der Waals surface area (Å²) in [6, 6.07) is 0.459. The van der Waals surface area contributed by atoms with Crippen LogP contribution in [0.5, 0.6) is 0 Å². The molecule has 0 aromatic carbocycles. The van der Waals surface area contributed by atoms with Crippen molar-refractivity contribution in [2.75, 3.05) is 0 Å². The van der Waals surface area contributed by atoms with Crippen molar-refractivity contribution in [3.05, 3.63) is 11.6 Å². The van der Waals surface area contributed by atoms with Crippen molar-refractivity contribution in [1.82, 2.24) is 0 Å². The molecule has 1 aliphatic carbocycles. The molecule has 0 saturated heterocycles. The van der Waals surface area contributed by atoms with E-state index in [0.29, 0.717) is 6.04 Å². The second kappa shape index (κ2) is 2.31. The quantitative estimate of drug-likeness (QED) is 0.470. The first-order chi connectivity index (χ1) is 3.83. The highest BCUT2D eigenvalue weighted by Crippen LogP contribution is 2.22. The minimum absolute atomic E-state index is 0.459. The number of hydrogen-bond donors (Lipinski definition) is 1. The molecule has 1 fully saturated rings. The molecule has 8 heavy (non-hydrogen) atoms. The molecule has 0 unspecified atom stereocenters. The third-order valence-electron chi connectivity index (χ3n) is 1.77. The summed E-state index contributed by atoms with van der Waals surface area (Å²) in [6.45, 7) is 2.09.